The largest absolute Gasteiger partial charge is 0.309 e. The number of hydrogen-bond donors (Lipinski definition) is 0. The van der Waals surface area contributed by atoms with Crippen molar-refractivity contribution in [1.82, 2.24) is 14.1 Å². The molecule has 0 aliphatic rings. The standard InChI is InChI=1S/C39H25N3/c1-3-11-26(12-4-1)28-20-22-38(40-25-28)42-36-18-10-8-16-31(36)34-24-33-27(23-37(34)42)19-21-32-30-15-7-9-17-35(30)41(39(32)33)29-13-5-2-6-14-29/h1-25H. The first kappa shape index (κ1) is 23.1. The van der Waals surface area contributed by atoms with Crippen molar-refractivity contribution in [1.29, 1.82) is 0 Å². The highest BCUT2D eigenvalue weighted by atomic mass is 15.1. The normalized spacial score (nSPS) is 11.8. The van der Waals surface area contributed by atoms with E-state index in [-0.39, 0.29) is 0 Å². The van der Waals surface area contributed by atoms with Crippen LogP contribution >= 0.6 is 0 Å². The first-order valence-corrected chi connectivity index (χ1v) is 14.3. The second-order valence-corrected chi connectivity index (χ2v) is 10.9. The van der Waals surface area contributed by atoms with Crippen LogP contribution in [0.5, 0.6) is 0 Å². The molecule has 0 fully saturated rings. The Bertz CT molecular complexity index is 2430. The third-order valence-electron chi connectivity index (χ3n) is 8.54. The monoisotopic (exact) mass is 535 g/mol. The smallest absolute Gasteiger partial charge is 0.137 e. The summed E-state index contributed by atoms with van der Waals surface area (Å²) < 4.78 is 4.72. The van der Waals surface area contributed by atoms with Crippen LogP contribution in [0.25, 0.3) is 77.0 Å². The maximum Gasteiger partial charge on any atom is 0.137 e. The molecule has 9 aromatic rings. The Kier molecular flexibility index (Phi) is 4.90. The maximum absolute atomic E-state index is 4.97. The molecular formula is C39H25N3. The van der Waals surface area contributed by atoms with Gasteiger partial charge in [-0.3, -0.25) is 4.57 Å². The summed E-state index contributed by atoms with van der Waals surface area (Å²) in [4.78, 5) is 4.97. The van der Waals surface area contributed by atoms with Crippen LogP contribution in [0.4, 0.5) is 0 Å². The molecule has 0 atom stereocenters. The molecule has 0 amide bonds. The first-order chi connectivity index (χ1) is 20.8. The van der Waals surface area contributed by atoms with Crippen molar-refractivity contribution in [3.05, 3.63) is 152 Å². The van der Waals surface area contributed by atoms with Gasteiger partial charge in [0.1, 0.15) is 5.82 Å². The second-order valence-electron chi connectivity index (χ2n) is 10.9. The van der Waals surface area contributed by atoms with Crippen LogP contribution in [0.1, 0.15) is 0 Å². The molecule has 0 saturated heterocycles. The molecule has 42 heavy (non-hydrogen) atoms. The van der Waals surface area contributed by atoms with Gasteiger partial charge in [0.15, 0.2) is 0 Å². The van der Waals surface area contributed by atoms with E-state index in [2.05, 4.69) is 149 Å². The summed E-state index contributed by atoms with van der Waals surface area (Å²) in [7, 11) is 0. The molecule has 3 heterocycles. The van der Waals surface area contributed by atoms with Crippen LogP contribution in [0.3, 0.4) is 0 Å². The second kappa shape index (κ2) is 8.92. The third kappa shape index (κ3) is 3.31. The number of para-hydroxylation sites is 3. The molecule has 6 aromatic carbocycles. The fourth-order valence-corrected chi connectivity index (χ4v) is 6.66. The van der Waals surface area contributed by atoms with E-state index in [9.17, 15) is 0 Å². The van der Waals surface area contributed by atoms with Crippen molar-refractivity contribution in [3.63, 3.8) is 0 Å². The fourth-order valence-electron chi connectivity index (χ4n) is 6.66. The van der Waals surface area contributed by atoms with Gasteiger partial charge >= 0.3 is 0 Å². The van der Waals surface area contributed by atoms with Gasteiger partial charge in [0.25, 0.3) is 0 Å². The number of nitrogens with zero attached hydrogens (tertiary/aromatic N) is 3. The van der Waals surface area contributed by atoms with Crippen molar-refractivity contribution >= 4 is 54.4 Å². The molecule has 0 saturated carbocycles. The summed E-state index contributed by atoms with van der Waals surface area (Å²) in [6.45, 7) is 0. The van der Waals surface area contributed by atoms with Crippen molar-refractivity contribution in [2.75, 3.05) is 0 Å². The lowest BCUT2D eigenvalue weighted by Gasteiger charge is -2.11. The molecule has 0 radical (unpaired) electrons. The Balaban J connectivity index is 1.36. The van der Waals surface area contributed by atoms with E-state index in [0.717, 1.165) is 22.4 Å². The van der Waals surface area contributed by atoms with Crippen LogP contribution < -0.4 is 0 Å². The van der Waals surface area contributed by atoms with Gasteiger partial charge in [0.2, 0.25) is 0 Å². The van der Waals surface area contributed by atoms with E-state index >= 15 is 0 Å². The SMILES string of the molecule is c1ccc(-c2ccc(-n3c4ccccc4c4cc5c(ccc6c7ccccc7n(-c7ccccc7)c56)cc43)nc2)cc1. The van der Waals surface area contributed by atoms with Gasteiger partial charge in [-0.2, -0.15) is 0 Å². The lowest BCUT2D eigenvalue weighted by molar-refractivity contribution is 1.08. The van der Waals surface area contributed by atoms with Crippen LogP contribution in [-0.4, -0.2) is 14.1 Å². The molecule has 0 N–H and O–H groups in total. The zero-order valence-electron chi connectivity index (χ0n) is 22.8. The first-order valence-electron chi connectivity index (χ1n) is 14.3. The van der Waals surface area contributed by atoms with Crippen LogP contribution in [0.15, 0.2) is 152 Å². The molecule has 9 rings (SSSR count). The minimum atomic E-state index is 0.916. The van der Waals surface area contributed by atoms with E-state index in [1.54, 1.807) is 0 Å². The summed E-state index contributed by atoms with van der Waals surface area (Å²) >= 11 is 0. The van der Waals surface area contributed by atoms with Crippen molar-refractivity contribution in [2.24, 2.45) is 0 Å². The Morgan fingerprint density at radius 2 is 1.07 bits per heavy atom. The molecule has 0 aliphatic heterocycles. The van der Waals surface area contributed by atoms with Gasteiger partial charge in [0, 0.05) is 44.4 Å². The van der Waals surface area contributed by atoms with E-state index in [4.69, 9.17) is 4.98 Å². The van der Waals surface area contributed by atoms with E-state index in [0.29, 0.717) is 0 Å². The highest BCUT2D eigenvalue weighted by molar-refractivity contribution is 6.22. The average molecular weight is 536 g/mol. The molecule has 0 aliphatic carbocycles. The number of pyridine rings is 1. The molecule has 3 aromatic heterocycles. The van der Waals surface area contributed by atoms with Crippen molar-refractivity contribution < 1.29 is 0 Å². The van der Waals surface area contributed by atoms with Crippen LogP contribution in [0, 0.1) is 0 Å². The Morgan fingerprint density at radius 3 is 1.81 bits per heavy atom. The predicted molar refractivity (Wildman–Crippen MR) is 176 cm³/mol. The van der Waals surface area contributed by atoms with Gasteiger partial charge in [-0.1, -0.05) is 97.1 Å². The maximum atomic E-state index is 4.97. The molecule has 0 bridgehead atoms. The Labute approximate surface area is 242 Å². The summed E-state index contributed by atoms with van der Waals surface area (Å²) in [6.07, 6.45) is 1.98. The fraction of sp³-hybridized carbons (Fsp3) is 0. The topological polar surface area (TPSA) is 22.8 Å². The summed E-state index contributed by atoms with van der Waals surface area (Å²) in [5.41, 5.74) is 8.22. The quantitative estimate of drug-likeness (QED) is 0.221. The van der Waals surface area contributed by atoms with Gasteiger partial charge in [-0.05, 0) is 59.5 Å². The summed E-state index contributed by atoms with van der Waals surface area (Å²) in [6, 6.07) is 52.1. The minimum Gasteiger partial charge on any atom is -0.309 e. The molecule has 3 heteroatoms. The minimum absolute atomic E-state index is 0.916. The van der Waals surface area contributed by atoms with E-state index in [1.807, 2.05) is 12.3 Å². The van der Waals surface area contributed by atoms with Gasteiger partial charge in [-0.15, -0.1) is 0 Å². The lowest BCUT2D eigenvalue weighted by atomic mass is 10.0. The number of hydrogen-bond acceptors (Lipinski definition) is 1. The van der Waals surface area contributed by atoms with Gasteiger partial charge < -0.3 is 4.57 Å². The Hall–Kier alpha value is -5.67. The zero-order chi connectivity index (χ0) is 27.6. The number of fused-ring (bicyclic) bond motifs is 8. The van der Waals surface area contributed by atoms with Gasteiger partial charge in [-0.25, -0.2) is 4.98 Å². The zero-order valence-corrected chi connectivity index (χ0v) is 22.8. The molecule has 0 spiro atoms. The third-order valence-corrected chi connectivity index (χ3v) is 8.54. The highest BCUT2D eigenvalue weighted by Crippen LogP contribution is 2.40. The summed E-state index contributed by atoms with van der Waals surface area (Å²) in [5.74, 6) is 0.916. The van der Waals surface area contributed by atoms with E-state index < -0.39 is 0 Å². The van der Waals surface area contributed by atoms with Crippen molar-refractivity contribution in [2.45, 2.75) is 0 Å². The average Bonchev–Trinajstić information content (AvgIpc) is 3.57. The highest BCUT2D eigenvalue weighted by Gasteiger charge is 2.18. The van der Waals surface area contributed by atoms with Crippen LogP contribution in [-0.2, 0) is 0 Å². The predicted octanol–water partition coefficient (Wildman–Crippen LogP) is 10.1. The summed E-state index contributed by atoms with van der Waals surface area (Å²) in [5, 5.41) is 7.44. The van der Waals surface area contributed by atoms with Crippen LogP contribution in [0.2, 0.25) is 0 Å². The molecule has 3 nitrogen and oxygen atoms in total. The van der Waals surface area contributed by atoms with Crippen molar-refractivity contribution in [3.8, 4) is 22.6 Å². The Morgan fingerprint density at radius 1 is 0.405 bits per heavy atom. The van der Waals surface area contributed by atoms with Gasteiger partial charge in [0.05, 0.1) is 22.1 Å². The van der Waals surface area contributed by atoms with E-state index in [1.165, 1.54) is 54.6 Å². The lowest BCUT2D eigenvalue weighted by Crippen LogP contribution is -1.97. The molecule has 196 valence electrons. The number of aromatic nitrogens is 3. The number of benzene rings is 6. The number of rotatable bonds is 3. The molecule has 0 unspecified atom stereocenters. The molecular weight excluding hydrogens is 510 g/mol.